The summed E-state index contributed by atoms with van der Waals surface area (Å²) >= 11 is 7.63. The standard InChI is InChI=1S/C6H2ClIN2O2/c7-4-3(1-2-11-4)5-9-6(8)10-12-5/h1-2H. The van der Waals surface area contributed by atoms with E-state index in [1.807, 2.05) is 22.6 Å². The molecule has 0 N–H and O–H groups in total. The van der Waals surface area contributed by atoms with Gasteiger partial charge in [0.25, 0.3) is 5.89 Å². The van der Waals surface area contributed by atoms with Crippen molar-refractivity contribution in [2.45, 2.75) is 0 Å². The molecule has 0 amide bonds. The van der Waals surface area contributed by atoms with Crippen LogP contribution in [0.2, 0.25) is 5.22 Å². The Labute approximate surface area is 86.0 Å². The molecule has 2 aromatic rings. The largest absolute Gasteiger partial charge is 0.452 e. The minimum atomic E-state index is 0.259. The first kappa shape index (κ1) is 8.06. The van der Waals surface area contributed by atoms with Gasteiger partial charge in [-0.1, -0.05) is 5.16 Å². The summed E-state index contributed by atoms with van der Waals surface area (Å²) in [5.74, 6) is 0.373. The topological polar surface area (TPSA) is 52.1 Å². The number of aromatic nitrogens is 2. The number of hydrogen-bond acceptors (Lipinski definition) is 4. The van der Waals surface area contributed by atoms with Crippen molar-refractivity contribution in [3.05, 3.63) is 21.4 Å². The summed E-state index contributed by atoms with van der Waals surface area (Å²) in [6.45, 7) is 0. The second-order valence-electron chi connectivity index (χ2n) is 1.98. The van der Waals surface area contributed by atoms with E-state index in [1.165, 1.54) is 6.26 Å². The molecule has 0 fully saturated rings. The van der Waals surface area contributed by atoms with E-state index in [0.717, 1.165) is 0 Å². The van der Waals surface area contributed by atoms with Gasteiger partial charge >= 0.3 is 0 Å². The SMILES string of the molecule is Clc1occc1-c1nc(I)no1. The van der Waals surface area contributed by atoms with Gasteiger partial charge in [-0.25, -0.2) is 0 Å². The van der Waals surface area contributed by atoms with Gasteiger partial charge in [0.2, 0.25) is 9.05 Å². The molecule has 62 valence electrons. The molecule has 0 radical (unpaired) electrons. The third-order valence-corrected chi connectivity index (χ3v) is 1.98. The maximum Gasteiger partial charge on any atom is 0.263 e. The van der Waals surface area contributed by atoms with E-state index in [-0.39, 0.29) is 5.22 Å². The lowest BCUT2D eigenvalue weighted by molar-refractivity contribution is 0.425. The molecule has 4 nitrogen and oxygen atoms in total. The Morgan fingerprint density at radius 1 is 1.50 bits per heavy atom. The predicted octanol–water partition coefficient (Wildman–Crippen LogP) is 2.59. The van der Waals surface area contributed by atoms with Crippen LogP contribution in [0, 0.1) is 3.83 Å². The molecular formula is C6H2ClIN2O2. The van der Waals surface area contributed by atoms with E-state index >= 15 is 0 Å². The van der Waals surface area contributed by atoms with Crippen LogP contribution in [0.15, 0.2) is 21.3 Å². The summed E-state index contributed by atoms with van der Waals surface area (Å²) in [7, 11) is 0. The molecule has 12 heavy (non-hydrogen) atoms. The van der Waals surface area contributed by atoms with Crippen LogP contribution < -0.4 is 0 Å². The maximum atomic E-state index is 5.69. The molecule has 6 heteroatoms. The zero-order valence-electron chi connectivity index (χ0n) is 5.62. The van der Waals surface area contributed by atoms with E-state index in [0.29, 0.717) is 15.3 Å². The minimum absolute atomic E-state index is 0.259. The van der Waals surface area contributed by atoms with E-state index in [1.54, 1.807) is 6.07 Å². The lowest BCUT2D eigenvalue weighted by Gasteiger charge is -1.84. The normalized spacial score (nSPS) is 10.5. The van der Waals surface area contributed by atoms with Crippen LogP contribution >= 0.6 is 34.2 Å². The van der Waals surface area contributed by atoms with Crippen molar-refractivity contribution >= 4 is 34.2 Å². The molecule has 0 unspecified atom stereocenters. The van der Waals surface area contributed by atoms with E-state index < -0.39 is 0 Å². The van der Waals surface area contributed by atoms with Crippen LogP contribution in [0.4, 0.5) is 0 Å². The zero-order chi connectivity index (χ0) is 8.55. The molecule has 2 rings (SSSR count). The fourth-order valence-electron chi connectivity index (χ4n) is 0.761. The monoisotopic (exact) mass is 296 g/mol. The second kappa shape index (κ2) is 3.06. The Balaban J connectivity index is 2.50. The first-order valence-corrected chi connectivity index (χ1v) is 4.45. The van der Waals surface area contributed by atoms with E-state index in [9.17, 15) is 0 Å². The lowest BCUT2D eigenvalue weighted by atomic mass is 10.3. The smallest absolute Gasteiger partial charge is 0.263 e. The highest BCUT2D eigenvalue weighted by Crippen LogP contribution is 2.27. The van der Waals surface area contributed by atoms with Crippen LogP contribution in [0.5, 0.6) is 0 Å². The van der Waals surface area contributed by atoms with Gasteiger partial charge < -0.3 is 8.94 Å². The molecule has 2 heterocycles. The van der Waals surface area contributed by atoms with Crippen LogP contribution in [0.1, 0.15) is 0 Å². The highest BCUT2D eigenvalue weighted by molar-refractivity contribution is 14.1. The molecule has 0 atom stereocenters. The van der Waals surface area contributed by atoms with Gasteiger partial charge in [0.15, 0.2) is 0 Å². The van der Waals surface area contributed by atoms with Crippen molar-refractivity contribution in [1.82, 2.24) is 10.1 Å². The fourth-order valence-corrected chi connectivity index (χ4v) is 1.27. The van der Waals surface area contributed by atoms with Gasteiger partial charge in [-0.15, -0.1) is 0 Å². The highest BCUT2D eigenvalue weighted by Gasteiger charge is 2.12. The molecule has 2 aromatic heterocycles. The third kappa shape index (κ3) is 1.34. The van der Waals surface area contributed by atoms with Crippen LogP contribution in [-0.2, 0) is 0 Å². The number of rotatable bonds is 1. The molecule has 0 aliphatic carbocycles. The third-order valence-electron chi connectivity index (χ3n) is 1.25. The number of furan rings is 1. The van der Waals surface area contributed by atoms with E-state index in [4.69, 9.17) is 20.5 Å². The van der Waals surface area contributed by atoms with Crippen LogP contribution in [0.25, 0.3) is 11.5 Å². The molecule has 0 spiro atoms. The first-order chi connectivity index (χ1) is 5.77. The highest BCUT2D eigenvalue weighted by atomic mass is 127. The van der Waals surface area contributed by atoms with Crippen molar-refractivity contribution in [3.63, 3.8) is 0 Å². The second-order valence-corrected chi connectivity index (χ2v) is 3.28. The summed E-state index contributed by atoms with van der Waals surface area (Å²) < 4.78 is 10.3. The average Bonchev–Trinajstić information content (AvgIpc) is 2.58. The zero-order valence-corrected chi connectivity index (χ0v) is 8.53. The molecule has 0 saturated carbocycles. The number of nitrogens with zero attached hydrogens (tertiary/aromatic N) is 2. The van der Waals surface area contributed by atoms with Crippen molar-refractivity contribution in [3.8, 4) is 11.5 Å². The summed E-state index contributed by atoms with van der Waals surface area (Å²) in [5.41, 5.74) is 0.618. The molecule has 0 saturated heterocycles. The average molecular weight is 296 g/mol. The van der Waals surface area contributed by atoms with Crippen molar-refractivity contribution in [2.75, 3.05) is 0 Å². The Morgan fingerprint density at radius 3 is 2.83 bits per heavy atom. The van der Waals surface area contributed by atoms with Gasteiger partial charge in [0, 0.05) is 22.6 Å². The first-order valence-electron chi connectivity index (χ1n) is 3.00. The Hall–Kier alpha value is -0.560. The summed E-state index contributed by atoms with van der Waals surface area (Å²) in [4.78, 5) is 3.98. The van der Waals surface area contributed by atoms with Crippen molar-refractivity contribution in [1.29, 1.82) is 0 Å². The van der Waals surface area contributed by atoms with Crippen molar-refractivity contribution < 1.29 is 8.94 Å². The number of halogens is 2. The molecule has 0 aliphatic rings. The molecule has 0 aliphatic heterocycles. The lowest BCUT2D eigenvalue weighted by Crippen LogP contribution is -1.74. The molecule has 0 bridgehead atoms. The Kier molecular flexibility index (Phi) is 2.05. The van der Waals surface area contributed by atoms with Crippen molar-refractivity contribution in [2.24, 2.45) is 0 Å². The predicted molar refractivity (Wildman–Crippen MR) is 49.7 cm³/mol. The van der Waals surface area contributed by atoms with Gasteiger partial charge in [0.05, 0.1) is 11.8 Å². The van der Waals surface area contributed by atoms with Gasteiger partial charge in [-0.3, -0.25) is 0 Å². The number of hydrogen-bond donors (Lipinski definition) is 0. The molecular weight excluding hydrogens is 294 g/mol. The Morgan fingerprint density at radius 2 is 2.33 bits per heavy atom. The van der Waals surface area contributed by atoms with Gasteiger partial charge in [0.1, 0.15) is 0 Å². The quantitative estimate of drug-likeness (QED) is 0.759. The van der Waals surface area contributed by atoms with E-state index in [2.05, 4.69) is 10.1 Å². The van der Waals surface area contributed by atoms with Gasteiger partial charge in [-0.2, -0.15) is 4.98 Å². The summed E-state index contributed by atoms with van der Waals surface area (Å²) in [5, 5.41) is 3.87. The fraction of sp³-hybridized carbons (Fsp3) is 0. The van der Waals surface area contributed by atoms with Crippen LogP contribution in [-0.4, -0.2) is 10.1 Å². The van der Waals surface area contributed by atoms with Gasteiger partial charge in [-0.05, 0) is 17.7 Å². The van der Waals surface area contributed by atoms with Crippen LogP contribution in [0.3, 0.4) is 0 Å². The summed E-state index contributed by atoms with van der Waals surface area (Å²) in [6.07, 6.45) is 1.47. The molecule has 0 aromatic carbocycles. The summed E-state index contributed by atoms with van der Waals surface area (Å²) in [6, 6.07) is 1.67. The Bertz CT molecular complexity index is 398. The minimum Gasteiger partial charge on any atom is -0.452 e. The maximum absolute atomic E-state index is 5.69.